The molecule has 0 bridgehead atoms. The second kappa shape index (κ2) is 5.95. The Bertz CT molecular complexity index is 640. The highest BCUT2D eigenvalue weighted by Gasteiger charge is 2.15. The van der Waals surface area contributed by atoms with Gasteiger partial charge in [0.1, 0.15) is 0 Å². The summed E-state index contributed by atoms with van der Waals surface area (Å²) in [5.41, 5.74) is 4.24. The summed E-state index contributed by atoms with van der Waals surface area (Å²) < 4.78 is 0. The maximum Gasteiger partial charge on any atom is 0.253 e. The average Bonchev–Trinajstić information content (AvgIpc) is 2.54. The highest BCUT2D eigenvalue weighted by atomic mass is 16.2. The number of carbonyl (C=O) groups excluding carboxylic acids is 1. The molecule has 1 aromatic carbocycles. The van der Waals surface area contributed by atoms with Crippen molar-refractivity contribution in [2.45, 2.75) is 19.4 Å². The number of amides is 1. The fraction of sp³-hybridized carbons (Fsp3) is 0.294. The van der Waals surface area contributed by atoms with Crippen molar-refractivity contribution in [2.24, 2.45) is 0 Å². The first-order valence-electron chi connectivity index (χ1n) is 7.25. The highest BCUT2D eigenvalue weighted by Crippen LogP contribution is 2.23. The molecule has 1 aliphatic rings. The number of carbonyl (C=O) groups is 1. The van der Waals surface area contributed by atoms with Gasteiger partial charge in [-0.05, 0) is 54.3 Å². The molecule has 0 aliphatic carbocycles. The SMILES string of the molecule is CN(Cc1ccncc1)C(=O)c1ccc2c(c1)CCCN2. The first kappa shape index (κ1) is 13.6. The lowest BCUT2D eigenvalue weighted by Gasteiger charge is -2.21. The fourth-order valence-corrected chi connectivity index (χ4v) is 2.66. The number of fused-ring (bicyclic) bond motifs is 1. The molecule has 1 N–H and O–H groups in total. The van der Waals surface area contributed by atoms with Crippen molar-refractivity contribution in [3.63, 3.8) is 0 Å². The van der Waals surface area contributed by atoms with Crippen LogP contribution in [-0.2, 0) is 13.0 Å². The molecule has 1 amide bonds. The first-order chi connectivity index (χ1) is 10.2. The van der Waals surface area contributed by atoms with Crippen LogP contribution in [0, 0.1) is 0 Å². The van der Waals surface area contributed by atoms with Crippen LogP contribution in [0.15, 0.2) is 42.7 Å². The van der Waals surface area contributed by atoms with Crippen molar-refractivity contribution in [1.29, 1.82) is 0 Å². The topological polar surface area (TPSA) is 45.2 Å². The number of nitrogens with zero attached hydrogens (tertiary/aromatic N) is 2. The molecule has 2 heterocycles. The van der Waals surface area contributed by atoms with Crippen LogP contribution in [-0.4, -0.2) is 29.4 Å². The van der Waals surface area contributed by atoms with Crippen LogP contribution >= 0.6 is 0 Å². The average molecular weight is 281 g/mol. The molecule has 108 valence electrons. The third-order valence-electron chi connectivity index (χ3n) is 3.81. The molecule has 0 atom stereocenters. The van der Waals surface area contributed by atoms with Gasteiger partial charge in [-0.15, -0.1) is 0 Å². The van der Waals surface area contributed by atoms with Gasteiger partial charge in [-0.2, -0.15) is 0 Å². The summed E-state index contributed by atoms with van der Waals surface area (Å²) in [6, 6.07) is 9.80. The van der Waals surface area contributed by atoms with Crippen LogP contribution in [0.1, 0.15) is 27.9 Å². The third-order valence-corrected chi connectivity index (χ3v) is 3.81. The van der Waals surface area contributed by atoms with Crippen LogP contribution in [0.2, 0.25) is 0 Å². The van der Waals surface area contributed by atoms with Crippen molar-refractivity contribution in [3.8, 4) is 0 Å². The van der Waals surface area contributed by atoms with E-state index < -0.39 is 0 Å². The molecule has 4 nitrogen and oxygen atoms in total. The molecule has 4 heteroatoms. The van der Waals surface area contributed by atoms with Crippen molar-refractivity contribution in [1.82, 2.24) is 9.88 Å². The summed E-state index contributed by atoms with van der Waals surface area (Å²) >= 11 is 0. The normalized spacial score (nSPS) is 13.2. The summed E-state index contributed by atoms with van der Waals surface area (Å²) in [5.74, 6) is 0.0557. The van der Waals surface area contributed by atoms with Gasteiger partial charge in [-0.3, -0.25) is 9.78 Å². The minimum atomic E-state index is 0.0557. The number of anilines is 1. The van der Waals surface area contributed by atoms with Crippen LogP contribution in [0.4, 0.5) is 5.69 Å². The molecule has 1 aliphatic heterocycles. The summed E-state index contributed by atoms with van der Waals surface area (Å²) in [6.07, 6.45) is 5.66. The summed E-state index contributed by atoms with van der Waals surface area (Å²) in [4.78, 5) is 18.3. The smallest absolute Gasteiger partial charge is 0.253 e. The molecule has 0 unspecified atom stereocenters. The predicted octanol–water partition coefficient (Wildman–Crippen LogP) is 2.71. The number of aryl methyl sites for hydroxylation is 1. The number of nitrogens with one attached hydrogen (secondary N) is 1. The Morgan fingerprint density at radius 3 is 2.90 bits per heavy atom. The second-order valence-corrected chi connectivity index (χ2v) is 5.42. The Labute approximate surface area is 124 Å². The van der Waals surface area contributed by atoms with Crippen LogP contribution in [0.5, 0.6) is 0 Å². The number of rotatable bonds is 3. The van der Waals surface area contributed by atoms with Gasteiger partial charge in [0.25, 0.3) is 5.91 Å². The fourth-order valence-electron chi connectivity index (χ4n) is 2.66. The number of aromatic nitrogens is 1. The van der Waals surface area contributed by atoms with E-state index in [4.69, 9.17) is 0 Å². The van der Waals surface area contributed by atoms with Gasteiger partial charge in [0, 0.05) is 43.8 Å². The summed E-state index contributed by atoms with van der Waals surface area (Å²) in [6.45, 7) is 1.61. The molecule has 0 spiro atoms. The van der Waals surface area contributed by atoms with E-state index in [1.807, 2.05) is 37.4 Å². The van der Waals surface area contributed by atoms with E-state index in [9.17, 15) is 4.79 Å². The van der Waals surface area contributed by atoms with Crippen LogP contribution in [0.25, 0.3) is 0 Å². The molecule has 0 saturated heterocycles. The van der Waals surface area contributed by atoms with Crippen molar-refractivity contribution in [2.75, 3.05) is 18.9 Å². The Kier molecular flexibility index (Phi) is 3.86. The first-order valence-corrected chi connectivity index (χ1v) is 7.25. The Morgan fingerprint density at radius 2 is 2.10 bits per heavy atom. The van der Waals surface area contributed by atoms with E-state index >= 15 is 0 Å². The zero-order valence-corrected chi connectivity index (χ0v) is 12.2. The monoisotopic (exact) mass is 281 g/mol. The van der Waals surface area contributed by atoms with Crippen LogP contribution < -0.4 is 5.32 Å². The van der Waals surface area contributed by atoms with Crippen LogP contribution in [0.3, 0.4) is 0 Å². The maximum atomic E-state index is 12.5. The molecule has 3 rings (SSSR count). The van der Waals surface area contributed by atoms with Crippen molar-refractivity contribution < 1.29 is 4.79 Å². The lowest BCUT2D eigenvalue weighted by Crippen LogP contribution is -2.26. The third kappa shape index (κ3) is 3.05. The number of hydrogen-bond acceptors (Lipinski definition) is 3. The minimum absolute atomic E-state index is 0.0557. The predicted molar refractivity (Wildman–Crippen MR) is 83.3 cm³/mol. The zero-order chi connectivity index (χ0) is 14.7. The molecular weight excluding hydrogens is 262 g/mol. The van der Waals surface area contributed by atoms with Gasteiger partial charge in [-0.25, -0.2) is 0 Å². The summed E-state index contributed by atoms with van der Waals surface area (Å²) in [5, 5.41) is 3.37. The Hall–Kier alpha value is -2.36. The van der Waals surface area contributed by atoms with Gasteiger partial charge in [0.15, 0.2) is 0 Å². The van der Waals surface area contributed by atoms with E-state index in [0.29, 0.717) is 6.54 Å². The molecule has 21 heavy (non-hydrogen) atoms. The molecule has 0 fully saturated rings. The maximum absolute atomic E-state index is 12.5. The van der Waals surface area contributed by atoms with Gasteiger partial charge in [0.2, 0.25) is 0 Å². The zero-order valence-electron chi connectivity index (χ0n) is 12.2. The Balaban J connectivity index is 1.75. The van der Waals surface area contributed by atoms with E-state index in [-0.39, 0.29) is 5.91 Å². The lowest BCUT2D eigenvalue weighted by atomic mass is 10.0. The lowest BCUT2D eigenvalue weighted by molar-refractivity contribution is 0.0785. The summed E-state index contributed by atoms with van der Waals surface area (Å²) in [7, 11) is 1.83. The van der Waals surface area contributed by atoms with Crippen molar-refractivity contribution >= 4 is 11.6 Å². The number of benzene rings is 1. The number of pyridine rings is 1. The van der Waals surface area contributed by atoms with E-state index in [1.165, 1.54) is 5.56 Å². The largest absolute Gasteiger partial charge is 0.385 e. The highest BCUT2D eigenvalue weighted by molar-refractivity contribution is 5.94. The molecule has 0 radical (unpaired) electrons. The van der Waals surface area contributed by atoms with Crippen molar-refractivity contribution in [3.05, 3.63) is 59.4 Å². The van der Waals surface area contributed by atoms with E-state index in [2.05, 4.69) is 10.3 Å². The van der Waals surface area contributed by atoms with Gasteiger partial charge >= 0.3 is 0 Å². The van der Waals surface area contributed by atoms with Gasteiger partial charge in [0.05, 0.1) is 0 Å². The quantitative estimate of drug-likeness (QED) is 0.941. The standard InChI is InChI=1S/C17H19N3O/c1-20(12-13-6-9-18-10-7-13)17(21)15-4-5-16-14(11-15)3-2-8-19-16/h4-7,9-11,19H,2-3,8,12H2,1H3. The Morgan fingerprint density at radius 1 is 1.29 bits per heavy atom. The molecular formula is C17H19N3O. The molecule has 0 saturated carbocycles. The van der Waals surface area contributed by atoms with E-state index in [1.54, 1.807) is 17.3 Å². The van der Waals surface area contributed by atoms with E-state index in [0.717, 1.165) is 36.2 Å². The van der Waals surface area contributed by atoms with Gasteiger partial charge in [-0.1, -0.05) is 0 Å². The number of hydrogen-bond donors (Lipinski definition) is 1. The second-order valence-electron chi connectivity index (χ2n) is 5.42. The minimum Gasteiger partial charge on any atom is -0.385 e. The molecule has 2 aromatic rings. The molecule has 1 aromatic heterocycles. The van der Waals surface area contributed by atoms with Gasteiger partial charge < -0.3 is 10.2 Å².